The molecular formula is C17H18O4. The summed E-state index contributed by atoms with van der Waals surface area (Å²) in [5.41, 5.74) is 2.12. The van der Waals surface area contributed by atoms with Gasteiger partial charge in [0.15, 0.2) is 0 Å². The third kappa shape index (κ3) is 4.84. The van der Waals surface area contributed by atoms with Crippen molar-refractivity contribution in [2.75, 3.05) is 6.61 Å². The number of benzene rings is 2. The Hall–Kier alpha value is -2.49. The Morgan fingerprint density at radius 3 is 2.48 bits per heavy atom. The van der Waals surface area contributed by atoms with Gasteiger partial charge in [0.1, 0.15) is 11.5 Å². The Morgan fingerprint density at radius 2 is 1.76 bits per heavy atom. The summed E-state index contributed by atoms with van der Waals surface area (Å²) in [6, 6.07) is 14.8. The van der Waals surface area contributed by atoms with Crippen LogP contribution in [0.25, 0.3) is 0 Å². The van der Waals surface area contributed by atoms with E-state index in [0.29, 0.717) is 19.4 Å². The molecule has 0 amide bonds. The van der Waals surface area contributed by atoms with Gasteiger partial charge in [-0.3, -0.25) is 4.79 Å². The first-order valence-corrected chi connectivity index (χ1v) is 6.85. The SMILES string of the molecule is O=C(O)CCCOc1ccccc1Cc1ccc(O)cc1. The molecule has 0 heterocycles. The van der Waals surface area contributed by atoms with E-state index in [-0.39, 0.29) is 12.2 Å². The average molecular weight is 286 g/mol. The molecule has 0 aromatic heterocycles. The highest BCUT2D eigenvalue weighted by molar-refractivity contribution is 5.66. The molecular weight excluding hydrogens is 268 g/mol. The minimum absolute atomic E-state index is 0.111. The van der Waals surface area contributed by atoms with Crippen LogP contribution in [0.15, 0.2) is 48.5 Å². The minimum atomic E-state index is -0.809. The zero-order valence-corrected chi connectivity index (χ0v) is 11.7. The van der Waals surface area contributed by atoms with Crippen LogP contribution in [0.4, 0.5) is 0 Å². The summed E-state index contributed by atoms with van der Waals surface area (Å²) in [7, 11) is 0. The maximum atomic E-state index is 10.5. The predicted octanol–water partition coefficient (Wildman–Crippen LogP) is 3.23. The molecule has 0 spiro atoms. The van der Waals surface area contributed by atoms with Crippen LogP contribution in [-0.4, -0.2) is 22.8 Å². The fourth-order valence-electron chi connectivity index (χ4n) is 2.03. The van der Waals surface area contributed by atoms with Crippen LogP contribution in [0.5, 0.6) is 11.5 Å². The number of para-hydroxylation sites is 1. The lowest BCUT2D eigenvalue weighted by Crippen LogP contribution is -2.03. The van der Waals surface area contributed by atoms with Gasteiger partial charge < -0.3 is 14.9 Å². The summed E-state index contributed by atoms with van der Waals surface area (Å²) in [6.45, 7) is 0.388. The molecule has 2 aromatic rings. The van der Waals surface area contributed by atoms with Crippen molar-refractivity contribution in [1.29, 1.82) is 0 Å². The molecule has 2 N–H and O–H groups in total. The first-order valence-electron chi connectivity index (χ1n) is 6.85. The average Bonchev–Trinajstić information content (AvgIpc) is 2.47. The molecule has 0 radical (unpaired) electrons. The second-order valence-electron chi connectivity index (χ2n) is 4.80. The molecule has 2 aromatic carbocycles. The molecule has 0 unspecified atom stereocenters. The van der Waals surface area contributed by atoms with Gasteiger partial charge in [-0.1, -0.05) is 30.3 Å². The van der Waals surface area contributed by atoms with Crippen molar-refractivity contribution in [3.05, 3.63) is 59.7 Å². The second kappa shape index (κ2) is 7.33. The Bertz CT molecular complexity index is 590. The van der Waals surface area contributed by atoms with Crippen LogP contribution in [0.2, 0.25) is 0 Å². The van der Waals surface area contributed by atoms with Crippen molar-refractivity contribution in [3.8, 4) is 11.5 Å². The number of carbonyl (C=O) groups is 1. The van der Waals surface area contributed by atoms with Crippen LogP contribution in [-0.2, 0) is 11.2 Å². The van der Waals surface area contributed by atoms with E-state index in [0.717, 1.165) is 16.9 Å². The fourth-order valence-corrected chi connectivity index (χ4v) is 2.03. The highest BCUT2D eigenvalue weighted by Crippen LogP contribution is 2.22. The first-order chi connectivity index (χ1) is 10.1. The maximum absolute atomic E-state index is 10.5. The van der Waals surface area contributed by atoms with Gasteiger partial charge in [-0.05, 0) is 35.7 Å². The smallest absolute Gasteiger partial charge is 0.303 e. The fraction of sp³-hybridized carbons (Fsp3) is 0.235. The first kappa shape index (κ1) is 14.9. The van der Waals surface area contributed by atoms with Gasteiger partial charge in [-0.2, -0.15) is 0 Å². The van der Waals surface area contributed by atoms with Gasteiger partial charge in [0, 0.05) is 12.8 Å². The van der Waals surface area contributed by atoms with Gasteiger partial charge >= 0.3 is 5.97 Å². The van der Waals surface area contributed by atoms with Crippen molar-refractivity contribution in [1.82, 2.24) is 0 Å². The maximum Gasteiger partial charge on any atom is 0.303 e. The van der Waals surface area contributed by atoms with Gasteiger partial charge in [0.25, 0.3) is 0 Å². The van der Waals surface area contributed by atoms with E-state index in [2.05, 4.69) is 0 Å². The standard InChI is InChI=1S/C17H18O4/c18-15-9-7-13(8-10-15)12-14-4-1-2-5-16(14)21-11-3-6-17(19)20/h1-2,4-5,7-10,18H,3,6,11-12H2,(H,19,20). The van der Waals surface area contributed by atoms with E-state index >= 15 is 0 Å². The Labute approximate surface area is 123 Å². The van der Waals surface area contributed by atoms with Gasteiger partial charge in [0.05, 0.1) is 6.61 Å². The van der Waals surface area contributed by atoms with Crippen molar-refractivity contribution in [3.63, 3.8) is 0 Å². The summed E-state index contributed by atoms with van der Waals surface area (Å²) in [5.74, 6) is 0.212. The molecule has 4 nitrogen and oxygen atoms in total. The van der Waals surface area contributed by atoms with E-state index in [1.165, 1.54) is 0 Å². The number of phenolic OH excluding ortho intramolecular Hbond substituents is 1. The van der Waals surface area contributed by atoms with Crippen molar-refractivity contribution in [2.24, 2.45) is 0 Å². The van der Waals surface area contributed by atoms with E-state index in [1.807, 2.05) is 36.4 Å². The molecule has 4 heteroatoms. The molecule has 0 aliphatic heterocycles. The highest BCUT2D eigenvalue weighted by atomic mass is 16.5. The summed E-state index contributed by atoms with van der Waals surface area (Å²) < 4.78 is 5.67. The van der Waals surface area contributed by atoms with Crippen LogP contribution >= 0.6 is 0 Å². The van der Waals surface area contributed by atoms with Gasteiger partial charge in [0.2, 0.25) is 0 Å². The molecule has 2 rings (SSSR count). The van der Waals surface area contributed by atoms with Crippen molar-refractivity contribution < 1.29 is 19.7 Å². The number of hydrogen-bond donors (Lipinski definition) is 2. The lowest BCUT2D eigenvalue weighted by Gasteiger charge is -2.11. The summed E-state index contributed by atoms with van der Waals surface area (Å²) in [6.07, 6.45) is 1.30. The molecule has 0 bridgehead atoms. The Balaban J connectivity index is 1.99. The second-order valence-corrected chi connectivity index (χ2v) is 4.80. The van der Waals surface area contributed by atoms with E-state index < -0.39 is 5.97 Å². The predicted molar refractivity (Wildman–Crippen MR) is 79.7 cm³/mol. The highest BCUT2D eigenvalue weighted by Gasteiger charge is 2.05. The number of hydrogen-bond acceptors (Lipinski definition) is 3. The Morgan fingerprint density at radius 1 is 1.05 bits per heavy atom. The number of aromatic hydroxyl groups is 1. The van der Waals surface area contributed by atoms with E-state index in [9.17, 15) is 9.90 Å². The molecule has 0 aliphatic carbocycles. The van der Waals surface area contributed by atoms with E-state index in [4.69, 9.17) is 9.84 Å². The van der Waals surface area contributed by atoms with Crippen LogP contribution < -0.4 is 4.74 Å². The normalized spacial score (nSPS) is 10.3. The third-order valence-electron chi connectivity index (χ3n) is 3.10. The molecule has 110 valence electrons. The number of carboxylic acid groups (broad SMARTS) is 1. The van der Waals surface area contributed by atoms with Crippen molar-refractivity contribution in [2.45, 2.75) is 19.3 Å². The number of phenols is 1. The van der Waals surface area contributed by atoms with Crippen LogP contribution in [0.3, 0.4) is 0 Å². The molecule has 0 saturated carbocycles. The minimum Gasteiger partial charge on any atom is -0.508 e. The number of carboxylic acids is 1. The largest absolute Gasteiger partial charge is 0.508 e. The van der Waals surface area contributed by atoms with Crippen LogP contribution in [0.1, 0.15) is 24.0 Å². The van der Waals surface area contributed by atoms with Gasteiger partial charge in [-0.15, -0.1) is 0 Å². The quantitative estimate of drug-likeness (QED) is 0.767. The summed E-state index contributed by atoms with van der Waals surface area (Å²) >= 11 is 0. The molecule has 0 atom stereocenters. The number of rotatable bonds is 7. The molecule has 21 heavy (non-hydrogen) atoms. The Kier molecular flexibility index (Phi) is 5.21. The molecule has 0 saturated heterocycles. The molecule has 0 aliphatic rings. The number of aliphatic carboxylic acids is 1. The zero-order valence-electron chi connectivity index (χ0n) is 11.7. The lowest BCUT2D eigenvalue weighted by atomic mass is 10.0. The topological polar surface area (TPSA) is 66.8 Å². The van der Waals surface area contributed by atoms with Crippen LogP contribution in [0, 0.1) is 0 Å². The monoisotopic (exact) mass is 286 g/mol. The summed E-state index contributed by atoms with van der Waals surface area (Å²) in [5, 5.41) is 17.9. The molecule has 0 fully saturated rings. The van der Waals surface area contributed by atoms with Crippen molar-refractivity contribution >= 4 is 5.97 Å². The van der Waals surface area contributed by atoms with Gasteiger partial charge in [-0.25, -0.2) is 0 Å². The zero-order chi connectivity index (χ0) is 15.1. The summed E-state index contributed by atoms with van der Waals surface area (Å²) in [4.78, 5) is 10.5. The third-order valence-corrected chi connectivity index (χ3v) is 3.10. The lowest BCUT2D eigenvalue weighted by molar-refractivity contribution is -0.137. The number of ether oxygens (including phenoxy) is 1. The van der Waals surface area contributed by atoms with E-state index in [1.54, 1.807) is 12.1 Å².